The molecule has 4 aromatic rings. The molecule has 0 aliphatic rings. The van der Waals surface area contributed by atoms with Gasteiger partial charge in [0.05, 0.1) is 19.2 Å². The number of aromatic nitrogens is 3. The fourth-order valence-corrected chi connectivity index (χ4v) is 5.48. The number of carbonyl (C=O) groups is 1. The summed E-state index contributed by atoms with van der Waals surface area (Å²) in [6.45, 7) is 9.74. The van der Waals surface area contributed by atoms with Crippen molar-refractivity contribution in [2.24, 2.45) is 0 Å². The van der Waals surface area contributed by atoms with Crippen molar-refractivity contribution in [2.45, 2.75) is 47.3 Å². The van der Waals surface area contributed by atoms with Crippen LogP contribution in [0.4, 0.5) is 5.69 Å². The summed E-state index contributed by atoms with van der Waals surface area (Å²) in [7, 11) is -4.94. The van der Waals surface area contributed by atoms with E-state index in [2.05, 4.69) is 29.1 Å². The van der Waals surface area contributed by atoms with Gasteiger partial charge in [-0.25, -0.2) is 27.8 Å². The Hall–Kier alpha value is -3.03. The first-order valence-corrected chi connectivity index (χ1v) is 14.4. The van der Waals surface area contributed by atoms with E-state index in [1.165, 1.54) is 23.2 Å². The van der Waals surface area contributed by atoms with Crippen molar-refractivity contribution in [1.82, 2.24) is 9.13 Å². The lowest BCUT2D eigenvalue weighted by Gasteiger charge is -2.17. The Morgan fingerprint density at radius 2 is 1.67 bits per heavy atom. The molecule has 2 aromatic heterocycles. The van der Waals surface area contributed by atoms with Gasteiger partial charge >= 0.3 is 0 Å². The number of imidazole rings is 1. The standard InChI is InChI=1S/C26H28ClN4O2S.ClHO4/c1-5-28-21-14-13-19(27)15-22(21)29(6-2)24(28)16-25-30(7-3)26(33)23(34-25)17-31(18(4)32)20-11-9-8-10-12-20;2-1(3,4)5/h8-17H,5-7H2,1-4H3;(H,2,3,4,5)/q+1;/p-1. The molecule has 10 nitrogen and oxygen atoms in total. The topological polar surface area (TPSA) is 143 Å². The average Bonchev–Trinajstić information content (AvgIpc) is 3.33. The number of fused-ring (bicyclic) bond motifs is 1. The number of para-hydroxylation sites is 1. The molecular formula is C26H28Cl2N4O6S. The van der Waals surface area contributed by atoms with E-state index in [9.17, 15) is 9.59 Å². The summed E-state index contributed by atoms with van der Waals surface area (Å²) < 4.78 is 41.5. The number of amides is 1. The molecule has 39 heavy (non-hydrogen) atoms. The van der Waals surface area contributed by atoms with E-state index in [-0.39, 0.29) is 11.5 Å². The molecule has 0 saturated carbocycles. The van der Waals surface area contributed by atoms with Gasteiger partial charge in [-0.2, -0.15) is 0 Å². The largest absolute Gasteiger partial charge is 0.299 e. The van der Waals surface area contributed by atoms with Gasteiger partial charge < -0.3 is 0 Å². The molecule has 0 aliphatic carbocycles. The van der Waals surface area contributed by atoms with Crippen LogP contribution in [0.1, 0.15) is 33.5 Å². The molecule has 0 atom stereocenters. The average molecular weight is 596 g/mol. The smallest absolute Gasteiger partial charge is 0.285 e. The van der Waals surface area contributed by atoms with Crippen molar-refractivity contribution in [1.29, 1.82) is 0 Å². The molecule has 1 amide bonds. The molecule has 2 heterocycles. The Balaban J connectivity index is 0.000000771. The van der Waals surface area contributed by atoms with Crippen LogP contribution in [0.15, 0.2) is 53.3 Å². The zero-order valence-electron chi connectivity index (χ0n) is 21.8. The van der Waals surface area contributed by atoms with Crippen molar-refractivity contribution in [2.75, 3.05) is 4.90 Å². The van der Waals surface area contributed by atoms with E-state index in [0.29, 0.717) is 16.1 Å². The maximum absolute atomic E-state index is 13.3. The van der Waals surface area contributed by atoms with Crippen LogP contribution in [0.3, 0.4) is 0 Å². The number of benzene rings is 2. The van der Waals surface area contributed by atoms with E-state index in [4.69, 9.17) is 30.2 Å². The molecule has 0 aliphatic heterocycles. The zero-order valence-corrected chi connectivity index (χ0v) is 24.1. The fraction of sp³-hybridized carbons (Fsp3) is 0.269. The third-order valence-corrected chi connectivity index (χ3v) is 7.11. The molecule has 2 aromatic carbocycles. The number of rotatable bonds is 6. The predicted molar refractivity (Wildman–Crippen MR) is 140 cm³/mol. The van der Waals surface area contributed by atoms with Crippen molar-refractivity contribution >= 4 is 57.8 Å². The van der Waals surface area contributed by atoms with Gasteiger partial charge in [-0.3, -0.25) is 19.1 Å². The Kier molecular flexibility index (Phi) is 10.1. The number of nitrogens with zero attached hydrogens (tertiary/aromatic N) is 4. The van der Waals surface area contributed by atoms with Crippen LogP contribution in [-0.4, -0.2) is 15.0 Å². The first-order chi connectivity index (χ1) is 18.4. The normalized spacial score (nSPS) is 12.5. The zero-order chi connectivity index (χ0) is 28.9. The molecule has 208 valence electrons. The van der Waals surface area contributed by atoms with Crippen molar-refractivity contribution in [3.05, 3.63) is 78.9 Å². The molecule has 4 rings (SSSR count). The maximum atomic E-state index is 13.3. The quantitative estimate of drug-likeness (QED) is 0.255. The lowest BCUT2D eigenvalue weighted by molar-refractivity contribution is -2.00. The van der Waals surface area contributed by atoms with Crippen LogP contribution < -0.4 is 42.9 Å². The Bertz CT molecular complexity index is 1640. The predicted octanol–water partition coefficient (Wildman–Crippen LogP) is -1.27. The second-order valence-corrected chi connectivity index (χ2v) is 10.5. The van der Waals surface area contributed by atoms with Gasteiger partial charge in [0.1, 0.15) is 9.20 Å². The fourth-order valence-electron chi connectivity index (χ4n) is 4.25. The molecule has 0 bridgehead atoms. The molecule has 0 N–H and O–H groups in total. The molecule has 0 fully saturated rings. The van der Waals surface area contributed by atoms with Crippen molar-refractivity contribution in [3.63, 3.8) is 0 Å². The van der Waals surface area contributed by atoms with Gasteiger partial charge in [0.2, 0.25) is 5.91 Å². The molecule has 0 spiro atoms. The number of aryl methyl sites for hydroxylation is 2. The highest BCUT2D eigenvalue weighted by Gasteiger charge is 2.22. The number of thiazole rings is 1. The number of hydrogen-bond donors (Lipinski definition) is 0. The van der Waals surface area contributed by atoms with Crippen LogP contribution in [0.25, 0.3) is 23.3 Å². The van der Waals surface area contributed by atoms with Gasteiger partial charge in [0, 0.05) is 36.4 Å². The van der Waals surface area contributed by atoms with Gasteiger partial charge in [0.25, 0.3) is 11.4 Å². The highest BCUT2D eigenvalue weighted by Crippen LogP contribution is 2.20. The van der Waals surface area contributed by atoms with Gasteiger partial charge in [0.15, 0.2) is 11.0 Å². The number of carbonyl (C=O) groups excluding carboxylic acids is 1. The lowest BCUT2D eigenvalue weighted by Crippen LogP contribution is -2.68. The van der Waals surface area contributed by atoms with Crippen LogP contribution in [0.2, 0.25) is 5.02 Å². The van der Waals surface area contributed by atoms with Gasteiger partial charge in [-0.1, -0.05) is 29.8 Å². The third kappa shape index (κ3) is 7.34. The Morgan fingerprint density at radius 3 is 2.21 bits per heavy atom. The minimum Gasteiger partial charge on any atom is -0.299 e. The summed E-state index contributed by atoms with van der Waals surface area (Å²) in [6, 6.07) is 15.3. The second kappa shape index (κ2) is 12.9. The number of hydrogen-bond acceptors (Lipinski definition) is 7. The maximum Gasteiger partial charge on any atom is 0.285 e. The van der Waals surface area contributed by atoms with Gasteiger partial charge in [-0.15, -0.1) is 21.6 Å². The summed E-state index contributed by atoms with van der Waals surface area (Å²) in [5, 5.41) is 0.693. The highest BCUT2D eigenvalue weighted by molar-refractivity contribution is 7.07. The van der Waals surface area contributed by atoms with E-state index in [1.54, 1.807) is 10.8 Å². The molecule has 0 unspecified atom stereocenters. The van der Waals surface area contributed by atoms with E-state index in [0.717, 1.165) is 40.3 Å². The Morgan fingerprint density at radius 1 is 1.05 bits per heavy atom. The minimum absolute atomic E-state index is 0.105. The van der Waals surface area contributed by atoms with E-state index in [1.807, 2.05) is 55.5 Å². The molecule has 0 radical (unpaired) electrons. The van der Waals surface area contributed by atoms with Crippen molar-refractivity contribution < 1.29 is 38.2 Å². The monoisotopic (exact) mass is 594 g/mol. The SMILES string of the molecule is CCn1c(=O)c(=CN(C(C)=O)c2ccccc2)s/c1=C/c1n(CC)c2cc(Cl)ccc2[n+]1CC.[O-][Cl+3]([O-])([O-])[O-]. The van der Waals surface area contributed by atoms with Crippen LogP contribution in [0.5, 0.6) is 0 Å². The summed E-state index contributed by atoms with van der Waals surface area (Å²) in [5.41, 5.74) is 2.78. The van der Waals surface area contributed by atoms with E-state index < -0.39 is 10.2 Å². The van der Waals surface area contributed by atoms with Crippen LogP contribution in [-0.2, 0) is 24.4 Å². The molecule has 13 heteroatoms. The van der Waals surface area contributed by atoms with Crippen LogP contribution in [0, 0.1) is 10.2 Å². The third-order valence-electron chi connectivity index (χ3n) is 5.83. The summed E-state index contributed by atoms with van der Waals surface area (Å²) in [6.07, 6.45) is 3.71. The van der Waals surface area contributed by atoms with Crippen molar-refractivity contribution in [3.8, 4) is 0 Å². The number of halogens is 2. The van der Waals surface area contributed by atoms with Crippen LogP contribution >= 0.6 is 22.9 Å². The first kappa shape index (κ1) is 30.5. The molecular weight excluding hydrogens is 567 g/mol. The van der Waals surface area contributed by atoms with Gasteiger partial charge in [-0.05, 0) is 45.0 Å². The Labute approximate surface area is 235 Å². The summed E-state index contributed by atoms with van der Waals surface area (Å²) in [4.78, 5) is 27.2. The summed E-state index contributed by atoms with van der Waals surface area (Å²) >= 11 is 7.69. The molecule has 0 saturated heterocycles. The minimum atomic E-state index is -4.94. The first-order valence-electron chi connectivity index (χ1n) is 12.0. The van der Waals surface area contributed by atoms with E-state index >= 15 is 0 Å². The highest BCUT2D eigenvalue weighted by atomic mass is 35.7. The summed E-state index contributed by atoms with van der Waals surface area (Å²) in [5.74, 6) is 0.850. The lowest BCUT2D eigenvalue weighted by atomic mass is 10.3. The second-order valence-electron chi connectivity index (χ2n) is 8.21. The number of anilines is 1.